The van der Waals surface area contributed by atoms with E-state index in [4.69, 9.17) is 5.84 Å². The molecule has 1 aliphatic rings. The average molecular weight is 189 g/mol. The second kappa shape index (κ2) is 3.51. The Kier molecular flexibility index (Phi) is 2.20. The summed E-state index contributed by atoms with van der Waals surface area (Å²) in [7, 11) is 0. The number of amides is 1. The van der Waals surface area contributed by atoms with E-state index in [0.717, 1.165) is 10.8 Å². The van der Waals surface area contributed by atoms with Gasteiger partial charge in [0.05, 0.1) is 5.69 Å². The van der Waals surface area contributed by atoms with E-state index in [2.05, 4.69) is 0 Å². The number of benzene rings is 1. The number of rotatable bonds is 1. The molecular formula is C10H11N3O. The SMILES string of the molecule is NN1C(=O)CC=CN1c1ccccc1. The van der Waals surface area contributed by atoms with Crippen LogP contribution in [-0.2, 0) is 4.79 Å². The van der Waals surface area contributed by atoms with E-state index in [1.807, 2.05) is 30.3 Å². The Morgan fingerprint density at radius 1 is 1.21 bits per heavy atom. The van der Waals surface area contributed by atoms with Gasteiger partial charge in [0, 0.05) is 12.6 Å². The highest BCUT2D eigenvalue weighted by atomic mass is 16.2. The van der Waals surface area contributed by atoms with Crippen LogP contribution in [0.4, 0.5) is 5.69 Å². The molecule has 1 heterocycles. The molecule has 1 amide bonds. The fraction of sp³-hybridized carbons (Fsp3) is 0.100. The quantitative estimate of drug-likeness (QED) is 0.530. The molecule has 4 heteroatoms. The van der Waals surface area contributed by atoms with Gasteiger partial charge in [0.25, 0.3) is 5.91 Å². The molecule has 2 N–H and O–H groups in total. The maximum Gasteiger partial charge on any atom is 0.260 e. The van der Waals surface area contributed by atoms with Gasteiger partial charge in [0.15, 0.2) is 0 Å². The number of anilines is 1. The van der Waals surface area contributed by atoms with Crippen molar-refractivity contribution < 1.29 is 4.79 Å². The maximum absolute atomic E-state index is 11.3. The van der Waals surface area contributed by atoms with Crippen LogP contribution in [0.25, 0.3) is 0 Å². The second-order valence-corrected chi connectivity index (χ2v) is 3.01. The van der Waals surface area contributed by atoms with Gasteiger partial charge in [-0.2, -0.15) is 5.12 Å². The number of carbonyl (C=O) groups excluding carboxylic acids is 1. The molecule has 72 valence electrons. The molecule has 0 aliphatic carbocycles. The van der Waals surface area contributed by atoms with E-state index >= 15 is 0 Å². The summed E-state index contributed by atoms with van der Waals surface area (Å²) in [5.41, 5.74) is 0.874. The topological polar surface area (TPSA) is 49.6 Å². The Morgan fingerprint density at radius 3 is 2.64 bits per heavy atom. The lowest BCUT2D eigenvalue weighted by Crippen LogP contribution is -2.50. The van der Waals surface area contributed by atoms with Crippen LogP contribution in [0.5, 0.6) is 0 Å². The molecule has 0 unspecified atom stereocenters. The Morgan fingerprint density at radius 2 is 1.93 bits per heavy atom. The van der Waals surface area contributed by atoms with Gasteiger partial charge in [-0.15, -0.1) is 0 Å². The highest BCUT2D eigenvalue weighted by Crippen LogP contribution is 2.17. The number of hydrazine groups is 2. The van der Waals surface area contributed by atoms with Gasteiger partial charge in [-0.3, -0.25) is 4.79 Å². The molecule has 0 saturated carbocycles. The second-order valence-electron chi connectivity index (χ2n) is 3.01. The highest BCUT2D eigenvalue weighted by molar-refractivity contribution is 5.80. The Bertz CT molecular complexity index is 361. The van der Waals surface area contributed by atoms with E-state index in [1.54, 1.807) is 17.3 Å². The summed E-state index contributed by atoms with van der Waals surface area (Å²) in [5, 5.41) is 2.74. The summed E-state index contributed by atoms with van der Waals surface area (Å²) in [6.07, 6.45) is 3.94. The lowest BCUT2D eigenvalue weighted by atomic mass is 10.3. The first-order chi connectivity index (χ1) is 6.79. The number of para-hydroxylation sites is 1. The van der Waals surface area contributed by atoms with E-state index in [9.17, 15) is 4.79 Å². The number of hydrogen-bond acceptors (Lipinski definition) is 3. The summed E-state index contributed by atoms with van der Waals surface area (Å²) in [4.78, 5) is 11.3. The molecule has 1 aromatic rings. The monoisotopic (exact) mass is 189 g/mol. The minimum atomic E-state index is -0.114. The molecule has 2 rings (SSSR count). The normalized spacial score (nSPS) is 16.2. The minimum Gasteiger partial charge on any atom is -0.271 e. The molecule has 1 aromatic carbocycles. The zero-order valence-electron chi connectivity index (χ0n) is 7.63. The van der Waals surface area contributed by atoms with Crippen molar-refractivity contribution in [2.75, 3.05) is 5.01 Å². The van der Waals surface area contributed by atoms with Crippen LogP contribution < -0.4 is 10.9 Å². The third-order valence-electron chi connectivity index (χ3n) is 2.05. The van der Waals surface area contributed by atoms with Crippen LogP contribution in [0.1, 0.15) is 6.42 Å². The predicted octanol–water partition coefficient (Wildman–Crippen LogP) is 1.03. The van der Waals surface area contributed by atoms with Crippen LogP contribution in [0.3, 0.4) is 0 Å². The molecule has 4 nitrogen and oxygen atoms in total. The van der Waals surface area contributed by atoms with Crippen LogP contribution in [0.15, 0.2) is 42.6 Å². The summed E-state index contributed by atoms with van der Waals surface area (Å²) >= 11 is 0. The van der Waals surface area contributed by atoms with E-state index in [-0.39, 0.29) is 5.91 Å². The molecule has 0 saturated heterocycles. The van der Waals surface area contributed by atoms with Gasteiger partial charge in [-0.25, -0.2) is 10.9 Å². The third-order valence-corrected chi connectivity index (χ3v) is 2.05. The van der Waals surface area contributed by atoms with Gasteiger partial charge >= 0.3 is 0 Å². The lowest BCUT2D eigenvalue weighted by molar-refractivity contribution is -0.131. The Hall–Kier alpha value is -1.81. The van der Waals surface area contributed by atoms with Crippen molar-refractivity contribution in [1.29, 1.82) is 0 Å². The lowest BCUT2D eigenvalue weighted by Gasteiger charge is -2.32. The molecular weight excluding hydrogens is 178 g/mol. The standard InChI is InChI=1S/C10H11N3O/c11-13-10(14)7-4-8-12(13)9-5-2-1-3-6-9/h1-6,8H,7,11H2. The predicted molar refractivity (Wildman–Crippen MR) is 53.7 cm³/mol. The van der Waals surface area contributed by atoms with Crippen molar-refractivity contribution in [2.45, 2.75) is 6.42 Å². The van der Waals surface area contributed by atoms with E-state index in [0.29, 0.717) is 6.42 Å². The van der Waals surface area contributed by atoms with Crippen LogP contribution in [0, 0.1) is 0 Å². The first-order valence-corrected chi connectivity index (χ1v) is 4.37. The smallest absolute Gasteiger partial charge is 0.260 e. The van der Waals surface area contributed by atoms with Crippen molar-refractivity contribution in [3.05, 3.63) is 42.6 Å². The number of nitrogens with zero attached hydrogens (tertiary/aromatic N) is 2. The summed E-state index contributed by atoms with van der Waals surface area (Å²) < 4.78 is 0. The Balaban J connectivity index is 2.31. The first kappa shape index (κ1) is 8.77. The molecule has 1 aliphatic heterocycles. The fourth-order valence-corrected chi connectivity index (χ4v) is 1.33. The number of hydrogen-bond donors (Lipinski definition) is 1. The molecule has 0 atom stereocenters. The molecule has 14 heavy (non-hydrogen) atoms. The van der Waals surface area contributed by atoms with Crippen LogP contribution in [0.2, 0.25) is 0 Å². The van der Waals surface area contributed by atoms with E-state index in [1.165, 1.54) is 0 Å². The minimum absolute atomic E-state index is 0.114. The van der Waals surface area contributed by atoms with Crippen LogP contribution in [-0.4, -0.2) is 11.0 Å². The van der Waals surface area contributed by atoms with Crippen molar-refractivity contribution >= 4 is 11.6 Å². The molecule has 0 bridgehead atoms. The zero-order chi connectivity index (χ0) is 9.97. The number of nitrogens with two attached hydrogens (primary N) is 1. The van der Waals surface area contributed by atoms with Crippen molar-refractivity contribution in [3.8, 4) is 0 Å². The molecule has 0 spiro atoms. The highest BCUT2D eigenvalue weighted by Gasteiger charge is 2.19. The molecule has 0 radical (unpaired) electrons. The van der Waals surface area contributed by atoms with Crippen molar-refractivity contribution in [1.82, 2.24) is 5.12 Å². The fourth-order valence-electron chi connectivity index (χ4n) is 1.33. The van der Waals surface area contributed by atoms with Crippen molar-refractivity contribution in [2.24, 2.45) is 5.84 Å². The Labute approximate surface area is 82.2 Å². The largest absolute Gasteiger partial charge is 0.271 e. The van der Waals surface area contributed by atoms with Gasteiger partial charge in [0.1, 0.15) is 0 Å². The maximum atomic E-state index is 11.3. The third kappa shape index (κ3) is 1.47. The zero-order valence-corrected chi connectivity index (χ0v) is 7.63. The van der Waals surface area contributed by atoms with Crippen molar-refractivity contribution in [3.63, 3.8) is 0 Å². The van der Waals surface area contributed by atoms with Crippen LogP contribution >= 0.6 is 0 Å². The van der Waals surface area contributed by atoms with Gasteiger partial charge < -0.3 is 0 Å². The molecule has 0 aromatic heterocycles. The summed E-state index contributed by atoms with van der Waals surface area (Å²) in [6.45, 7) is 0. The van der Waals surface area contributed by atoms with Gasteiger partial charge in [-0.1, -0.05) is 24.3 Å². The summed E-state index contributed by atoms with van der Waals surface area (Å²) in [5.74, 6) is 5.50. The molecule has 0 fully saturated rings. The summed E-state index contributed by atoms with van der Waals surface area (Å²) in [6, 6.07) is 9.50. The first-order valence-electron chi connectivity index (χ1n) is 4.37. The van der Waals surface area contributed by atoms with E-state index < -0.39 is 0 Å². The average Bonchev–Trinajstić information content (AvgIpc) is 2.23. The number of carbonyl (C=O) groups is 1. The van der Waals surface area contributed by atoms with Gasteiger partial charge in [-0.05, 0) is 12.1 Å². The van der Waals surface area contributed by atoms with Gasteiger partial charge in [0.2, 0.25) is 0 Å².